The number of nitro benzene ring substituents is 1. The van der Waals surface area contributed by atoms with Crippen LogP contribution in [0.25, 0.3) is 0 Å². The summed E-state index contributed by atoms with van der Waals surface area (Å²) in [5.41, 5.74) is 5.46. The first-order valence-corrected chi connectivity index (χ1v) is 6.00. The minimum atomic E-state index is -0.598. The van der Waals surface area contributed by atoms with Crippen molar-refractivity contribution < 1.29 is 14.1 Å². The molecule has 0 radical (unpaired) electrons. The van der Waals surface area contributed by atoms with Crippen molar-refractivity contribution in [1.82, 2.24) is 0 Å². The molecule has 20 heavy (non-hydrogen) atoms. The Hall–Kier alpha value is -2.18. The number of rotatable bonds is 4. The van der Waals surface area contributed by atoms with Crippen molar-refractivity contribution in [1.29, 1.82) is 0 Å². The van der Waals surface area contributed by atoms with E-state index in [1.54, 1.807) is 6.07 Å². The van der Waals surface area contributed by atoms with Gasteiger partial charge in [0.15, 0.2) is 0 Å². The molecule has 0 saturated carbocycles. The SMILES string of the molecule is NCc1c(F)cccc1Oc1ccc([N+](=O)[O-])c(Cl)c1. The molecule has 0 bridgehead atoms. The van der Waals surface area contributed by atoms with Crippen LogP contribution in [0.15, 0.2) is 36.4 Å². The third-order valence-electron chi connectivity index (χ3n) is 2.62. The van der Waals surface area contributed by atoms with Crippen molar-refractivity contribution in [2.45, 2.75) is 6.54 Å². The van der Waals surface area contributed by atoms with Crippen molar-refractivity contribution in [3.8, 4) is 11.5 Å². The maximum Gasteiger partial charge on any atom is 0.288 e. The van der Waals surface area contributed by atoms with Gasteiger partial charge in [0.25, 0.3) is 5.69 Å². The fourth-order valence-corrected chi connectivity index (χ4v) is 1.90. The maximum atomic E-state index is 13.5. The molecule has 0 aliphatic carbocycles. The fraction of sp³-hybridized carbons (Fsp3) is 0.0769. The zero-order valence-electron chi connectivity index (χ0n) is 10.2. The Kier molecular flexibility index (Phi) is 4.16. The Labute approximate surface area is 118 Å². The van der Waals surface area contributed by atoms with Gasteiger partial charge in [-0.1, -0.05) is 17.7 Å². The number of nitro groups is 1. The first kappa shape index (κ1) is 14.2. The largest absolute Gasteiger partial charge is 0.457 e. The lowest BCUT2D eigenvalue weighted by Gasteiger charge is -2.10. The van der Waals surface area contributed by atoms with Gasteiger partial charge in [0.05, 0.1) is 4.92 Å². The highest BCUT2D eigenvalue weighted by atomic mass is 35.5. The summed E-state index contributed by atoms with van der Waals surface area (Å²) in [5.74, 6) is 0.0383. The lowest BCUT2D eigenvalue weighted by atomic mass is 10.2. The predicted molar refractivity (Wildman–Crippen MR) is 72.5 cm³/mol. The van der Waals surface area contributed by atoms with Crippen LogP contribution in [0, 0.1) is 15.9 Å². The van der Waals surface area contributed by atoms with E-state index in [2.05, 4.69) is 0 Å². The molecule has 0 aliphatic heterocycles. The minimum absolute atomic E-state index is 0.0251. The fourth-order valence-electron chi connectivity index (χ4n) is 1.66. The standard InChI is InChI=1S/C13H10ClFN2O3/c14-10-6-8(4-5-12(10)17(18)19)20-13-3-1-2-11(15)9(13)7-16/h1-6H,7,16H2. The van der Waals surface area contributed by atoms with Crippen molar-refractivity contribution in [2.24, 2.45) is 5.73 Å². The number of halogens is 2. The third-order valence-corrected chi connectivity index (χ3v) is 2.93. The Morgan fingerprint density at radius 1 is 1.35 bits per heavy atom. The van der Waals surface area contributed by atoms with E-state index in [1.807, 2.05) is 0 Å². The Balaban J connectivity index is 2.34. The first-order chi connectivity index (χ1) is 9.52. The average molecular weight is 297 g/mol. The third kappa shape index (κ3) is 2.87. The van der Waals surface area contributed by atoms with Gasteiger partial charge in [-0.15, -0.1) is 0 Å². The molecule has 7 heteroatoms. The molecule has 5 nitrogen and oxygen atoms in total. The van der Waals surface area contributed by atoms with Crippen LogP contribution < -0.4 is 10.5 Å². The molecule has 2 N–H and O–H groups in total. The van der Waals surface area contributed by atoms with E-state index in [0.717, 1.165) is 0 Å². The van der Waals surface area contributed by atoms with Crippen molar-refractivity contribution in [3.05, 3.63) is 62.9 Å². The summed E-state index contributed by atoms with van der Waals surface area (Å²) in [7, 11) is 0. The molecule has 0 spiro atoms. The van der Waals surface area contributed by atoms with Crippen LogP contribution in [0.4, 0.5) is 10.1 Å². The monoisotopic (exact) mass is 296 g/mol. The van der Waals surface area contributed by atoms with Gasteiger partial charge < -0.3 is 10.5 Å². The number of nitrogens with zero attached hydrogens (tertiary/aromatic N) is 1. The molecule has 0 atom stereocenters. The minimum Gasteiger partial charge on any atom is -0.457 e. The van der Waals surface area contributed by atoms with Crippen LogP contribution in [0.5, 0.6) is 11.5 Å². The number of hydrogen-bond acceptors (Lipinski definition) is 4. The van der Waals surface area contributed by atoms with E-state index in [-0.39, 0.29) is 34.3 Å². The van der Waals surface area contributed by atoms with E-state index in [9.17, 15) is 14.5 Å². The Bertz CT molecular complexity index is 664. The molecule has 0 amide bonds. The van der Waals surface area contributed by atoms with Gasteiger partial charge in [0, 0.05) is 24.2 Å². The van der Waals surface area contributed by atoms with Gasteiger partial charge in [-0.2, -0.15) is 0 Å². The van der Waals surface area contributed by atoms with Gasteiger partial charge >= 0.3 is 0 Å². The summed E-state index contributed by atoms with van der Waals surface area (Å²) in [6.07, 6.45) is 0. The van der Waals surface area contributed by atoms with Crippen LogP contribution in [0.3, 0.4) is 0 Å². The van der Waals surface area contributed by atoms with Gasteiger partial charge in [-0.25, -0.2) is 4.39 Å². The normalized spacial score (nSPS) is 10.3. The summed E-state index contributed by atoms with van der Waals surface area (Å²) in [6, 6.07) is 8.22. The summed E-state index contributed by atoms with van der Waals surface area (Å²) in [5, 5.41) is 10.6. The lowest BCUT2D eigenvalue weighted by Crippen LogP contribution is -2.02. The molecular weight excluding hydrogens is 287 g/mol. The van der Waals surface area contributed by atoms with Gasteiger partial charge in [0.2, 0.25) is 0 Å². The van der Waals surface area contributed by atoms with Crippen molar-refractivity contribution in [3.63, 3.8) is 0 Å². The number of nitrogens with two attached hydrogens (primary N) is 1. The molecule has 0 aromatic heterocycles. The van der Waals surface area contributed by atoms with Crippen LogP contribution in [0.2, 0.25) is 5.02 Å². The number of hydrogen-bond donors (Lipinski definition) is 1. The summed E-state index contributed by atoms with van der Waals surface area (Å²) < 4.78 is 19.0. The molecule has 0 saturated heterocycles. The van der Waals surface area contributed by atoms with Crippen molar-refractivity contribution in [2.75, 3.05) is 0 Å². The Morgan fingerprint density at radius 2 is 2.10 bits per heavy atom. The van der Waals surface area contributed by atoms with Crippen LogP contribution in [-0.2, 0) is 6.54 Å². The lowest BCUT2D eigenvalue weighted by molar-refractivity contribution is -0.384. The average Bonchev–Trinajstić information content (AvgIpc) is 2.38. The zero-order valence-corrected chi connectivity index (χ0v) is 10.9. The van der Waals surface area contributed by atoms with E-state index >= 15 is 0 Å². The number of benzene rings is 2. The quantitative estimate of drug-likeness (QED) is 0.690. The van der Waals surface area contributed by atoms with Crippen LogP contribution >= 0.6 is 11.6 Å². The van der Waals surface area contributed by atoms with E-state index < -0.39 is 10.7 Å². The molecule has 0 fully saturated rings. The summed E-state index contributed by atoms with van der Waals surface area (Å²) >= 11 is 5.78. The van der Waals surface area contributed by atoms with Crippen molar-refractivity contribution >= 4 is 17.3 Å². The second kappa shape index (κ2) is 5.85. The van der Waals surface area contributed by atoms with Gasteiger partial charge in [-0.3, -0.25) is 10.1 Å². The number of ether oxygens (including phenoxy) is 1. The topological polar surface area (TPSA) is 78.4 Å². The van der Waals surface area contributed by atoms with E-state index in [1.165, 1.54) is 30.3 Å². The molecule has 2 rings (SSSR count). The Morgan fingerprint density at radius 3 is 2.70 bits per heavy atom. The van der Waals surface area contributed by atoms with Crippen LogP contribution in [0.1, 0.15) is 5.56 Å². The van der Waals surface area contributed by atoms with E-state index in [4.69, 9.17) is 22.1 Å². The summed E-state index contributed by atoms with van der Waals surface area (Å²) in [4.78, 5) is 10.1. The van der Waals surface area contributed by atoms with Gasteiger partial charge in [-0.05, 0) is 18.2 Å². The maximum absolute atomic E-state index is 13.5. The second-order valence-electron chi connectivity index (χ2n) is 3.89. The molecule has 0 heterocycles. The highest BCUT2D eigenvalue weighted by molar-refractivity contribution is 6.32. The molecule has 2 aromatic rings. The molecule has 0 unspecified atom stereocenters. The van der Waals surface area contributed by atoms with Crippen LogP contribution in [-0.4, -0.2) is 4.92 Å². The summed E-state index contributed by atoms with van der Waals surface area (Å²) in [6.45, 7) is -0.0251. The second-order valence-corrected chi connectivity index (χ2v) is 4.30. The smallest absolute Gasteiger partial charge is 0.288 e. The predicted octanol–water partition coefficient (Wildman–Crippen LogP) is 3.64. The zero-order chi connectivity index (χ0) is 14.7. The molecule has 2 aromatic carbocycles. The molecule has 0 aliphatic rings. The van der Waals surface area contributed by atoms with Gasteiger partial charge in [0.1, 0.15) is 22.3 Å². The van der Waals surface area contributed by atoms with E-state index in [0.29, 0.717) is 0 Å². The highest BCUT2D eigenvalue weighted by Crippen LogP contribution is 2.32. The molecular formula is C13H10ClFN2O3. The highest BCUT2D eigenvalue weighted by Gasteiger charge is 2.14. The molecule has 104 valence electrons. The first-order valence-electron chi connectivity index (χ1n) is 5.62.